The smallest absolute Gasteiger partial charge is 0.234 e. The van der Waals surface area contributed by atoms with Gasteiger partial charge < -0.3 is 10.1 Å². The van der Waals surface area contributed by atoms with Crippen molar-refractivity contribution in [3.05, 3.63) is 54.6 Å². The molecule has 0 atom stereocenters. The number of thioether (sulfide) groups is 1. The molecule has 0 radical (unpaired) electrons. The zero-order valence-corrected chi connectivity index (χ0v) is 16.0. The number of aromatic nitrogens is 4. The van der Waals surface area contributed by atoms with Gasteiger partial charge in [-0.1, -0.05) is 55.9 Å². The summed E-state index contributed by atoms with van der Waals surface area (Å²) < 4.78 is 7.58. The molecule has 0 spiro atoms. The maximum atomic E-state index is 12.4. The predicted octanol–water partition coefficient (Wildman–Crippen LogP) is 3.85. The van der Waals surface area contributed by atoms with Gasteiger partial charge in [-0.3, -0.25) is 4.79 Å². The number of ether oxygens (including phenoxy) is 1. The Bertz CT molecular complexity index is 883. The zero-order valence-electron chi connectivity index (χ0n) is 15.2. The second kappa shape index (κ2) is 9.18. The monoisotopic (exact) mass is 383 g/mol. The maximum absolute atomic E-state index is 12.4. The van der Waals surface area contributed by atoms with Crippen LogP contribution in [0, 0.1) is 5.92 Å². The third-order valence-electron chi connectivity index (χ3n) is 3.50. The summed E-state index contributed by atoms with van der Waals surface area (Å²) in [7, 11) is 0. The Morgan fingerprint density at radius 1 is 1.15 bits per heavy atom. The molecule has 140 valence electrons. The molecule has 1 aromatic heterocycles. The van der Waals surface area contributed by atoms with Gasteiger partial charge in [0.15, 0.2) is 5.75 Å². The molecule has 0 aliphatic rings. The van der Waals surface area contributed by atoms with E-state index in [1.165, 1.54) is 11.8 Å². The highest BCUT2D eigenvalue weighted by Gasteiger charge is 2.13. The zero-order chi connectivity index (χ0) is 19.1. The van der Waals surface area contributed by atoms with Gasteiger partial charge in [-0.15, -0.1) is 5.10 Å². The molecule has 1 amide bonds. The molecule has 1 N–H and O–H groups in total. The van der Waals surface area contributed by atoms with Crippen molar-refractivity contribution in [2.24, 2.45) is 5.92 Å². The first-order valence-electron chi connectivity index (χ1n) is 8.62. The Morgan fingerprint density at radius 2 is 1.89 bits per heavy atom. The van der Waals surface area contributed by atoms with Crippen molar-refractivity contribution in [2.75, 3.05) is 11.1 Å². The number of amides is 1. The van der Waals surface area contributed by atoms with Gasteiger partial charge >= 0.3 is 0 Å². The lowest BCUT2D eigenvalue weighted by Crippen LogP contribution is -2.15. The van der Waals surface area contributed by atoms with Crippen LogP contribution in [-0.2, 0) is 11.3 Å². The van der Waals surface area contributed by atoms with E-state index in [0.29, 0.717) is 34.8 Å². The van der Waals surface area contributed by atoms with E-state index in [-0.39, 0.29) is 11.7 Å². The van der Waals surface area contributed by atoms with Gasteiger partial charge in [0.05, 0.1) is 11.4 Å². The molecule has 0 fully saturated rings. The van der Waals surface area contributed by atoms with Crippen LogP contribution in [0.3, 0.4) is 0 Å². The quantitative estimate of drug-likeness (QED) is 0.595. The molecule has 0 bridgehead atoms. The Hall–Kier alpha value is -2.87. The fourth-order valence-corrected chi connectivity index (χ4v) is 3.04. The molecular weight excluding hydrogens is 362 g/mol. The number of nitrogens with zero attached hydrogens (tertiary/aromatic N) is 4. The van der Waals surface area contributed by atoms with Crippen molar-refractivity contribution in [3.63, 3.8) is 0 Å². The van der Waals surface area contributed by atoms with Crippen molar-refractivity contribution >= 4 is 23.4 Å². The summed E-state index contributed by atoms with van der Waals surface area (Å²) >= 11 is 1.31. The molecule has 0 aliphatic heterocycles. The Balaban J connectivity index is 1.61. The van der Waals surface area contributed by atoms with Crippen LogP contribution in [0.5, 0.6) is 11.5 Å². The highest BCUT2D eigenvalue weighted by molar-refractivity contribution is 7.99. The van der Waals surface area contributed by atoms with E-state index in [1.54, 1.807) is 4.68 Å². The Morgan fingerprint density at radius 3 is 2.67 bits per heavy atom. The highest BCUT2D eigenvalue weighted by atomic mass is 32.2. The number of anilines is 1. The van der Waals surface area contributed by atoms with Crippen LogP contribution in [0.15, 0.2) is 59.8 Å². The van der Waals surface area contributed by atoms with Crippen LogP contribution in [-0.4, -0.2) is 31.9 Å². The van der Waals surface area contributed by atoms with Crippen LogP contribution in [0.1, 0.15) is 13.8 Å². The van der Waals surface area contributed by atoms with Crippen LogP contribution in [0.4, 0.5) is 5.69 Å². The maximum Gasteiger partial charge on any atom is 0.234 e. The lowest BCUT2D eigenvalue weighted by molar-refractivity contribution is -0.113. The number of hydrogen-bond donors (Lipinski definition) is 1. The van der Waals surface area contributed by atoms with Gasteiger partial charge in [-0.2, -0.15) is 0 Å². The average Bonchev–Trinajstić information content (AvgIpc) is 3.09. The predicted molar refractivity (Wildman–Crippen MR) is 105 cm³/mol. The van der Waals surface area contributed by atoms with Gasteiger partial charge in [0.2, 0.25) is 11.1 Å². The summed E-state index contributed by atoms with van der Waals surface area (Å²) in [6.07, 6.45) is 0. The summed E-state index contributed by atoms with van der Waals surface area (Å²) in [5.41, 5.74) is 0.619. The molecule has 2 aromatic carbocycles. The number of hydrogen-bond acceptors (Lipinski definition) is 6. The number of nitrogens with one attached hydrogen (secondary N) is 1. The largest absolute Gasteiger partial charge is 0.455 e. The molecular formula is C19H21N5O2S. The summed E-state index contributed by atoms with van der Waals surface area (Å²) in [5.74, 6) is 1.78. The van der Waals surface area contributed by atoms with E-state index < -0.39 is 0 Å². The summed E-state index contributed by atoms with van der Waals surface area (Å²) in [4.78, 5) is 12.4. The van der Waals surface area contributed by atoms with Crippen LogP contribution in [0.2, 0.25) is 0 Å². The van der Waals surface area contributed by atoms with Crippen molar-refractivity contribution in [3.8, 4) is 11.5 Å². The van der Waals surface area contributed by atoms with E-state index in [4.69, 9.17) is 4.74 Å². The first-order valence-corrected chi connectivity index (χ1v) is 9.61. The molecule has 8 heteroatoms. The van der Waals surface area contributed by atoms with Gasteiger partial charge in [0.1, 0.15) is 5.75 Å². The fourth-order valence-electron chi connectivity index (χ4n) is 2.35. The number of benzene rings is 2. The summed E-state index contributed by atoms with van der Waals surface area (Å²) in [6, 6.07) is 16.8. The third-order valence-corrected chi connectivity index (χ3v) is 4.46. The topological polar surface area (TPSA) is 81.9 Å². The lowest BCUT2D eigenvalue weighted by Gasteiger charge is -2.12. The molecule has 0 unspecified atom stereocenters. The molecule has 1 heterocycles. The van der Waals surface area contributed by atoms with Gasteiger partial charge in [0.25, 0.3) is 0 Å². The second-order valence-electron chi connectivity index (χ2n) is 6.29. The third kappa shape index (κ3) is 5.55. The molecule has 3 aromatic rings. The molecule has 27 heavy (non-hydrogen) atoms. The first-order chi connectivity index (χ1) is 13.1. The van der Waals surface area contributed by atoms with Crippen LogP contribution < -0.4 is 10.1 Å². The van der Waals surface area contributed by atoms with E-state index in [9.17, 15) is 4.79 Å². The number of tetrazole rings is 1. The summed E-state index contributed by atoms with van der Waals surface area (Å²) in [6.45, 7) is 4.89. The standard InChI is InChI=1S/C19H21N5O2S/c1-14(2)12-24-19(21-22-23-24)27-13-18(25)20-16-10-6-7-11-17(16)26-15-8-4-3-5-9-15/h3-11,14H,12-13H2,1-2H3,(H,20,25). The van der Waals surface area contributed by atoms with Crippen molar-refractivity contribution in [1.29, 1.82) is 0 Å². The van der Waals surface area contributed by atoms with Crippen molar-refractivity contribution in [1.82, 2.24) is 20.2 Å². The first kappa shape index (κ1) is 18.9. The van der Waals surface area contributed by atoms with E-state index >= 15 is 0 Å². The molecule has 0 saturated carbocycles. The minimum Gasteiger partial charge on any atom is -0.455 e. The molecule has 0 saturated heterocycles. The molecule has 7 nitrogen and oxygen atoms in total. The minimum absolute atomic E-state index is 0.150. The van der Waals surface area contributed by atoms with Crippen LogP contribution in [0.25, 0.3) is 0 Å². The van der Waals surface area contributed by atoms with Crippen molar-refractivity contribution in [2.45, 2.75) is 25.5 Å². The van der Waals surface area contributed by atoms with Gasteiger partial charge in [-0.25, -0.2) is 4.68 Å². The van der Waals surface area contributed by atoms with E-state index in [0.717, 1.165) is 0 Å². The number of carbonyl (C=O) groups is 1. The minimum atomic E-state index is -0.150. The van der Waals surface area contributed by atoms with E-state index in [2.05, 4.69) is 34.7 Å². The van der Waals surface area contributed by atoms with Crippen LogP contribution >= 0.6 is 11.8 Å². The summed E-state index contributed by atoms with van der Waals surface area (Å²) in [5, 5.41) is 15.2. The SMILES string of the molecule is CC(C)Cn1nnnc1SCC(=O)Nc1ccccc1Oc1ccccc1. The Kier molecular flexibility index (Phi) is 6.43. The number of para-hydroxylation sites is 3. The normalized spacial score (nSPS) is 10.8. The average molecular weight is 383 g/mol. The van der Waals surface area contributed by atoms with Gasteiger partial charge in [-0.05, 0) is 40.6 Å². The Labute approximate surface area is 162 Å². The fraction of sp³-hybridized carbons (Fsp3) is 0.263. The van der Waals surface area contributed by atoms with Crippen molar-refractivity contribution < 1.29 is 9.53 Å². The number of rotatable bonds is 8. The second-order valence-corrected chi connectivity index (χ2v) is 7.23. The number of carbonyl (C=O) groups excluding carboxylic acids is 1. The molecule has 3 rings (SSSR count). The van der Waals surface area contributed by atoms with Gasteiger partial charge in [0, 0.05) is 6.54 Å². The van der Waals surface area contributed by atoms with E-state index in [1.807, 2.05) is 54.6 Å². The lowest BCUT2D eigenvalue weighted by atomic mass is 10.2. The molecule has 0 aliphatic carbocycles. The highest BCUT2D eigenvalue weighted by Crippen LogP contribution is 2.29.